The minimum absolute atomic E-state index is 0.0326. The first kappa shape index (κ1) is 21.8. The average Bonchev–Trinajstić information content (AvgIpc) is 3.32. The summed E-state index contributed by atoms with van der Waals surface area (Å²) in [4.78, 5) is 36.4. The Hall–Kier alpha value is -2.51. The van der Waals surface area contributed by atoms with Crippen molar-refractivity contribution < 1.29 is 29.0 Å². The molecule has 156 valence electrons. The number of carboxylic acids is 1. The van der Waals surface area contributed by atoms with Gasteiger partial charge in [-0.3, -0.25) is 0 Å². The molecule has 2 N–H and O–H groups in total. The minimum Gasteiger partial charge on any atom is -0.480 e. The number of carbonyl (C=O) groups excluding carboxylic acids is 2. The molecule has 8 heteroatoms. The number of hydrogen-bond acceptors (Lipinski definition) is 5. The Bertz CT molecular complexity index is 771. The summed E-state index contributed by atoms with van der Waals surface area (Å²) < 4.78 is 12.4. The lowest BCUT2D eigenvalue weighted by Crippen LogP contribution is -2.45. The van der Waals surface area contributed by atoms with Crippen molar-refractivity contribution in [3.8, 4) is 0 Å². The minimum atomic E-state index is -1.23. The van der Waals surface area contributed by atoms with Gasteiger partial charge in [0.25, 0.3) is 0 Å². The molecule has 1 aromatic heterocycles. The van der Waals surface area contributed by atoms with E-state index in [-0.39, 0.29) is 13.0 Å². The van der Waals surface area contributed by atoms with Crippen LogP contribution in [-0.4, -0.2) is 46.0 Å². The fourth-order valence-corrected chi connectivity index (χ4v) is 3.38. The molecule has 1 heterocycles. The van der Waals surface area contributed by atoms with E-state index in [1.807, 2.05) is 13.8 Å². The van der Waals surface area contributed by atoms with Gasteiger partial charge >= 0.3 is 18.0 Å². The maximum absolute atomic E-state index is 12.6. The summed E-state index contributed by atoms with van der Waals surface area (Å²) in [5, 5.41) is 12.0. The summed E-state index contributed by atoms with van der Waals surface area (Å²) in [6.07, 6.45) is 1.20. The number of alkyl carbamates (subject to hydrolysis) is 1. The highest BCUT2D eigenvalue weighted by atomic mass is 16.6. The third-order valence-electron chi connectivity index (χ3n) is 4.61. The summed E-state index contributed by atoms with van der Waals surface area (Å²) in [5.74, 6) is -1.67. The van der Waals surface area contributed by atoms with Gasteiger partial charge in [-0.2, -0.15) is 0 Å². The van der Waals surface area contributed by atoms with Gasteiger partial charge in [-0.05, 0) is 59.9 Å². The summed E-state index contributed by atoms with van der Waals surface area (Å²) in [5.41, 5.74) is 1.84. The molecular formula is C20H30N2O6. The van der Waals surface area contributed by atoms with E-state index in [4.69, 9.17) is 9.47 Å². The smallest absolute Gasteiger partial charge is 0.408 e. The van der Waals surface area contributed by atoms with Gasteiger partial charge in [0, 0.05) is 23.9 Å². The van der Waals surface area contributed by atoms with Crippen LogP contribution in [-0.2, 0) is 20.7 Å². The number of aliphatic carboxylic acids is 1. The second-order valence-corrected chi connectivity index (χ2v) is 8.09. The first-order valence-electron chi connectivity index (χ1n) is 9.56. The molecule has 1 saturated carbocycles. The highest BCUT2D eigenvalue weighted by Crippen LogP contribution is 2.40. The van der Waals surface area contributed by atoms with E-state index in [0.29, 0.717) is 17.2 Å². The molecule has 8 nitrogen and oxygen atoms in total. The first-order chi connectivity index (χ1) is 13.0. The Kier molecular flexibility index (Phi) is 6.41. The van der Waals surface area contributed by atoms with Gasteiger partial charge in [0.1, 0.15) is 11.6 Å². The van der Waals surface area contributed by atoms with Gasteiger partial charge in [-0.15, -0.1) is 0 Å². The molecule has 1 aromatic rings. The monoisotopic (exact) mass is 394 g/mol. The molecule has 1 fully saturated rings. The molecule has 1 aliphatic carbocycles. The van der Waals surface area contributed by atoms with Crippen LogP contribution < -0.4 is 5.32 Å². The van der Waals surface area contributed by atoms with Crippen LogP contribution >= 0.6 is 0 Å². The Morgan fingerprint density at radius 3 is 2.29 bits per heavy atom. The lowest BCUT2D eigenvalue weighted by Gasteiger charge is -2.22. The van der Waals surface area contributed by atoms with Gasteiger partial charge in [-0.25, -0.2) is 14.4 Å². The first-order valence-corrected chi connectivity index (χ1v) is 9.56. The molecule has 28 heavy (non-hydrogen) atoms. The molecule has 1 atom stereocenters. The number of aromatic nitrogens is 1. The van der Waals surface area contributed by atoms with Crippen molar-refractivity contribution in [3.63, 3.8) is 0 Å². The van der Waals surface area contributed by atoms with Crippen molar-refractivity contribution in [2.45, 2.75) is 78.5 Å². The quantitative estimate of drug-likeness (QED) is 0.688. The van der Waals surface area contributed by atoms with Crippen molar-refractivity contribution in [2.75, 3.05) is 6.61 Å². The van der Waals surface area contributed by atoms with E-state index in [9.17, 15) is 19.5 Å². The molecular weight excluding hydrogens is 364 g/mol. The van der Waals surface area contributed by atoms with Gasteiger partial charge < -0.3 is 24.5 Å². The highest BCUT2D eigenvalue weighted by Gasteiger charge is 2.34. The topological polar surface area (TPSA) is 107 Å². The SMILES string of the molecule is CCOC(=O)c1c(CC(NC(=O)OC(C)(C)C)C(=O)O)c(C)n(C2CC2)c1C. The Labute approximate surface area is 165 Å². The summed E-state index contributed by atoms with van der Waals surface area (Å²) in [6.45, 7) is 10.8. The molecule has 0 aromatic carbocycles. The maximum atomic E-state index is 12.6. The number of nitrogens with zero attached hydrogens (tertiary/aromatic N) is 1. The van der Waals surface area contributed by atoms with Crippen LogP contribution in [0, 0.1) is 13.8 Å². The molecule has 2 rings (SSSR count). The zero-order valence-electron chi connectivity index (χ0n) is 17.4. The zero-order chi connectivity index (χ0) is 21.2. The van der Waals surface area contributed by atoms with Crippen LogP contribution in [0.25, 0.3) is 0 Å². The summed E-state index contributed by atoms with van der Waals surface area (Å²) in [6, 6.07) is -0.903. The molecule has 1 amide bonds. The molecule has 0 saturated heterocycles. The molecule has 0 bridgehead atoms. The number of hydrogen-bond donors (Lipinski definition) is 2. The van der Waals surface area contributed by atoms with Gasteiger partial charge in [0.2, 0.25) is 0 Å². The largest absolute Gasteiger partial charge is 0.480 e. The summed E-state index contributed by atoms with van der Waals surface area (Å²) >= 11 is 0. The standard InChI is InChI=1S/C20H30N2O6/c1-7-27-18(25)16-12(3)22(13-8-9-13)11(2)14(16)10-15(17(23)24)21-19(26)28-20(4,5)6/h13,15H,7-10H2,1-6H3,(H,21,26)(H,23,24). The van der Waals surface area contributed by atoms with Crippen LogP contribution in [0.15, 0.2) is 0 Å². The Balaban J connectivity index is 2.35. The number of carboxylic acid groups (broad SMARTS) is 1. The van der Waals surface area contributed by atoms with E-state index in [1.54, 1.807) is 27.7 Å². The molecule has 1 unspecified atom stereocenters. The van der Waals surface area contributed by atoms with Crippen LogP contribution in [0.3, 0.4) is 0 Å². The fourth-order valence-electron chi connectivity index (χ4n) is 3.38. The number of nitrogens with one attached hydrogen (secondary N) is 1. The number of carbonyl (C=O) groups is 3. The molecule has 0 radical (unpaired) electrons. The number of amides is 1. The lowest BCUT2D eigenvalue weighted by molar-refractivity contribution is -0.139. The van der Waals surface area contributed by atoms with Gasteiger partial charge in [0.05, 0.1) is 12.2 Å². The molecule has 0 aliphatic heterocycles. The third-order valence-corrected chi connectivity index (χ3v) is 4.61. The van der Waals surface area contributed by atoms with E-state index in [2.05, 4.69) is 9.88 Å². The second kappa shape index (κ2) is 8.24. The number of rotatable bonds is 7. The Morgan fingerprint density at radius 1 is 1.21 bits per heavy atom. The number of esters is 1. The van der Waals surface area contributed by atoms with Crippen molar-refractivity contribution >= 4 is 18.0 Å². The van der Waals surface area contributed by atoms with Gasteiger partial charge in [0.15, 0.2) is 0 Å². The van der Waals surface area contributed by atoms with Crippen molar-refractivity contribution in [1.82, 2.24) is 9.88 Å². The van der Waals surface area contributed by atoms with Crippen molar-refractivity contribution in [2.24, 2.45) is 0 Å². The predicted octanol–water partition coefficient (Wildman–Crippen LogP) is 3.14. The van der Waals surface area contributed by atoms with Crippen LogP contribution in [0.1, 0.15) is 73.9 Å². The average molecular weight is 394 g/mol. The van der Waals surface area contributed by atoms with Crippen LogP contribution in [0.5, 0.6) is 0 Å². The predicted molar refractivity (Wildman–Crippen MR) is 103 cm³/mol. The molecule has 0 spiro atoms. The van der Waals surface area contributed by atoms with E-state index >= 15 is 0 Å². The highest BCUT2D eigenvalue weighted by molar-refractivity contribution is 5.93. The van der Waals surface area contributed by atoms with Crippen molar-refractivity contribution in [3.05, 3.63) is 22.5 Å². The summed E-state index contributed by atoms with van der Waals surface area (Å²) in [7, 11) is 0. The zero-order valence-corrected chi connectivity index (χ0v) is 17.4. The maximum Gasteiger partial charge on any atom is 0.408 e. The van der Waals surface area contributed by atoms with E-state index in [1.165, 1.54) is 0 Å². The van der Waals surface area contributed by atoms with Crippen molar-refractivity contribution in [1.29, 1.82) is 0 Å². The van der Waals surface area contributed by atoms with Crippen LogP contribution in [0.2, 0.25) is 0 Å². The third kappa shape index (κ3) is 5.05. The van der Waals surface area contributed by atoms with E-state index < -0.39 is 29.7 Å². The lowest BCUT2D eigenvalue weighted by atomic mass is 10.0. The Morgan fingerprint density at radius 2 is 1.82 bits per heavy atom. The van der Waals surface area contributed by atoms with Crippen LogP contribution in [0.4, 0.5) is 4.79 Å². The van der Waals surface area contributed by atoms with E-state index in [0.717, 1.165) is 24.2 Å². The van der Waals surface area contributed by atoms with Gasteiger partial charge in [-0.1, -0.05) is 0 Å². The molecule has 1 aliphatic rings. The fraction of sp³-hybridized carbons (Fsp3) is 0.650. The normalized spacial score (nSPS) is 15.1. The number of ether oxygens (including phenoxy) is 2. The second-order valence-electron chi connectivity index (χ2n) is 8.09.